The van der Waals surface area contributed by atoms with Crippen LogP contribution < -0.4 is 119 Å². The number of aliphatic hydroxyl groups excluding tert-OH is 2. The van der Waals surface area contributed by atoms with Crippen molar-refractivity contribution in [2.75, 3.05) is 13.1 Å². The fourth-order valence-corrected chi connectivity index (χ4v) is 5.30. The molecule has 7 N–H and O–H groups in total. The quantitative estimate of drug-likeness (QED) is 0.0555. The fraction of sp³-hybridized carbons (Fsp3) is 0.514. The van der Waals surface area contributed by atoms with Gasteiger partial charge >= 0.3 is 115 Å². The summed E-state index contributed by atoms with van der Waals surface area (Å²) in [5.41, 5.74) is 5.50. The van der Waals surface area contributed by atoms with E-state index in [2.05, 4.69) is 28.6 Å². The zero-order valence-electron chi connectivity index (χ0n) is 32.7. The third kappa shape index (κ3) is 20.3. The molecule has 2 fully saturated rings. The van der Waals surface area contributed by atoms with E-state index in [1.165, 1.54) is 12.1 Å². The van der Waals surface area contributed by atoms with Crippen LogP contribution in [0.5, 0.6) is 0 Å². The summed E-state index contributed by atoms with van der Waals surface area (Å²) >= 11 is 0. The number of nitrogens with one attached hydrogen (secondary N) is 1. The predicted octanol–water partition coefficient (Wildman–Crippen LogP) is -2.49. The van der Waals surface area contributed by atoms with Crippen LogP contribution in [-0.2, 0) is 14.5 Å². The Morgan fingerprint density at radius 3 is 1.69 bits per heavy atom. The van der Waals surface area contributed by atoms with Crippen LogP contribution in [0.4, 0.5) is 13.2 Å². The molecule has 276 valence electrons. The Kier molecular flexibility index (Phi) is 24.7. The van der Waals surface area contributed by atoms with E-state index in [9.17, 15) is 38.4 Å². The molecule has 0 radical (unpaired) electrons. The van der Waals surface area contributed by atoms with E-state index in [0.29, 0.717) is 36.9 Å². The van der Waals surface area contributed by atoms with Crippen LogP contribution in [0, 0.1) is 23.7 Å². The summed E-state index contributed by atoms with van der Waals surface area (Å²) in [4.78, 5) is 22.0. The molecule has 0 heterocycles. The Morgan fingerprint density at radius 2 is 1.33 bits per heavy atom. The van der Waals surface area contributed by atoms with Gasteiger partial charge in [-0.1, -0.05) is 60.7 Å². The number of halogens is 3. The van der Waals surface area contributed by atoms with Gasteiger partial charge in [0.25, 0.3) is 6.47 Å². The van der Waals surface area contributed by atoms with Crippen LogP contribution in [-0.4, -0.2) is 63.3 Å². The summed E-state index contributed by atoms with van der Waals surface area (Å²) in [6.45, 7) is -0.190. The molecule has 1 amide bonds. The Labute approximate surface area is 392 Å². The maximum atomic E-state index is 12.1. The molecule has 2 aromatic carbocycles. The van der Waals surface area contributed by atoms with Crippen molar-refractivity contribution in [1.82, 2.24) is 5.32 Å². The van der Waals surface area contributed by atoms with E-state index in [0.717, 1.165) is 56.9 Å². The number of hydrogen-bond acceptors (Lipinski definition) is 9. The minimum atomic E-state index is -4.97. The first kappa shape index (κ1) is 47.5. The summed E-state index contributed by atoms with van der Waals surface area (Å²) in [5, 5.41) is 51.1. The fourth-order valence-electron chi connectivity index (χ4n) is 5.30. The van der Waals surface area contributed by atoms with Crippen molar-refractivity contribution in [1.29, 1.82) is 0 Å². The first-order valence-corrected chi connectivity index (χ1v) is 16.4. The largest absolute Gasteiger partial charge is 1.00 e. The van der Waals surface area contributed by atoms with Crippen LogP contribution in [0.3, 0.4) is 0 Å². The van der Waals surface area contributed by atoms with Gasteiger partial charge in [0.1, 0.15) is 11.2 Å². The normalized spacial score (nSPS) is 17.1. The van der Waals surface area contributed by atoms with Crippen LogP contribution in [0.15, 0.2) is 48.5 Å². The van der Waals surface area contributed by atoms with E-state index in [1.807, 2.05) is 0 Å². The summed E-state index contributed by atoms with van der Waals surface area (Å²) in [6.07, 6.45) is 2.04. The second kappa shape index (κ2) is 27.0. The molecule has 0 spiro atoms. The van der Waals surface area contributed by atoms with Crippen LogP contribution >= 0.6 is 0 Å². The molecule has 0 saturated heterocycles. The molecular formula is C37H47F3K2N2O8. The van der Waals surface area contributed by atoms with E-state index in [4.69, 9.17) is 18.5 Å². The molecule has 2 atom stereocenters. The van der Waals surface area contributed by atoms with Crippen molar-refractivity contribution in [2.24, 2.45) is 5.73 Å². The summed E-state index contributed by atoms with van der Waals surface area (Å²) < 4.78 is 52.1. The van der Waals surface area contributed by atoms with Crippen molar-refractivity contribution in [2.45, 2.75) is 107 Å². The SMILES string of the molecule is O=CO[O-].[2H]c1ccc(C#CC2(O)CCCCC2)cc1C(O)CCN.[2H]c1ccc(C#CC2(O)CCCCC2)cc1C(O)CCNC(=O)C(F)(F)F.[H-].[K+].[K+]. The second-order valence-corrected chi connectivity index (χ2v) is 12.1. The maximum absolute atomic E-state index is 12.1. The number of hydrogen-bond donors (Lipinski definition) is 6. The Hall–Kier alpha value is -0.677. The van der Waals surface area contributed by atoms with E-state index in [1.54, 1.807) is 29.6 Å². The van der Waals surface area contributed by atoms with Gasteiger partial charge in [-0.25, -0.2) is 0 Å². The Morgan fingerprint density at radius 1 is 0.923 bits per heavy atom. The number of amides is 1. The smallest absolute Gasteiger partial charge is 1.00 e. The molecule has 0 bridgehead atoms. The number of rotatable bonds is 8. The number of benzene rings is 2. The molecule has 0 aliphatic heterocycles. The molecule has 2 unspecified atom stereocenters. The number of alkyl halides is 3. The molecular weight excluding hydrogens is 736 g/mol. The van der Waals surface area contributed by atoms with Gasteiger partial charge in [0.15, 0.2) is 0 Å². The maximum Gasteiger partial charge on any atom is 1.00 e. The van der Waals surface area contributed by atoms with Gasteiger partial charge in [-0.3, -0.25) is 9.59 Å². The number of carbonyl (C=O) groups is 2. The molecule has 15 heteroatoms. The monoisotopic (exact) mass is 784 g/mol. The molecule has 2 aliphatic rings. The van der Waals surface area contributed by atoms with Gasteiger partial charge in [0, 0.05) is 17.7 Å². The van der Waals surface area contributed by atoms with Crippen molar-refractivity contribution in [3.8, 4) is 23.7 Å². The van der Waals surface area contributed by atoms with Gasteiger partial charge in [0.05, 0.1) is 14.9 Å². The number of nitrogens with two attached hydrogens (primary N) is 1. The van der Waals surface area contributed by atoms with Crippen LogP contribution in [0.1, 0.15) is 116 Å². The standard InChI is InChI=1S/C19H22F3NO3.C17H23NO2.CH2O3.2K.H/c20-19(21,22)17(25)23-12-8-16(24)15-6-4-5-14(13-15)7-11-18(26)9-2-1-3-10-18;18-12-8-16(19)15-6-4-5-14(13-15)7-11-17(20)9-2-1-3-10-17;2-1-4-3;;;/h4-6,13,16,24,26H,1-3,8-10,12H2,(H,23,25);4-6,13,16,19-20H,1-3,8-10,12,18H2;1,3H;;;/q;;;2*+1;-1/p-1/i2*6D;;;;. The minimum absolute atomic E-state index is 0. The molecule has 52 heavy (non-hydrogen) atoms. The van der Waals surface area contributed by atoms with Gasteiger partial charge in [-0.05, 0) is 106 Å². The zero-order valence-corrected chi connectivity index (χ0v) is 36.0. The topological polar surface area (TPSA) is 185 Å². The average molecular weight is 785 g/mol. The molecule has 0 aromatic heterocycles. The van der Waals surface area contributed by atoms with Crippen LogP contribution in [0.2, 0.25) is 0 Å². The summed E-state index contributed by atoms with van der Waals surface area (Å²) in [6, 6.07) is 9.92. The van der Waals surface area contributed by atoms with E-state index in [-0.39, 0.29) is 141 Å². The molecule has 2 aliphatic carbocycles. The average Bonchev–Trinajstić information content (AvgIpc) is 3.11. The summed E-state index contributed by atoms with van der Waals surface area (Å²) in [7, 11) is 0. The Bertz CT molecular complexity index is 1590. The number of carbonyl (C=O) groups excluding carboxylic acids is 2. The molecule has 2 saturated carbocycles. The first-order chi connectivity index (χ1) is 24.6. The first-order valence-electron chi connectivity index (χ1n) is 17.4. The Balaban J connectivity index is 0. The van der Waals surface area contributed by atoms with Gasteiger partial charge in [0.2, 0.25) is 0 Å². The van der Waals surface area contributed by atoms with E-state index >= 15 is 0 Å². The minimum Gasteiger partial charge on any atom is -1.00 e. The van der Waals surface area contributed by atoms with E-state index < -0.39 is 35.5 Å². The molecule has 4 rings (SSSR count). The second-order valence-electron chi connectivity index (χ2n) is 12.1. The van der Waals surface area contributed by atoms with Crippen molar-refractivity contribution in [3.63, 3.8) is 0 Å². The zero-order chi connectivity index (χ0) is 38.8. The third-order valence-electron chi connectivity index (χ3n) is 8.05. The molecule has 2 aromatic rings. The van der Waals surface area contributed by atoms with Crippen molar-refractivity contribution in [3.05, 3.63) is 70.7 Å². The van der Waals surface area contributed by atoms with Gasteiger partial charge in [-0.2, -0.15) is 13.2 Å². The summed E-state index contributed by atoms with van der Waals surface area (Å²) in [5.74, 6) is 9.61. The molecule has 10 nitrogen and oxygen atoms in total. The van der Waals surface area contributed by atoms with Crippen LogP contribution in [0.25, 0.3) is 0 Å². The van der Waals surface area contributed by atoms with Crippen molar-refractivity contribution < 1.29 is 160 Å². The predicted molar refractivity (Wildman–Crippen MR) is 178 cm³/mol. The third-order valence-corrected chi connectivity index (χ3v) is 8.05. The van der Waals surface area contributed by atoms with Gasteiger partial charge < -0.3 is 43.0 Å². The van der Waals surface area contributed by atoms with Crippen molar-refractivity contribution >= 4 is 12.4 Å². The number of aliphatic hydroxyl groups is 4. The van der Waals surface area contributed by atoms with Gasteiger partial charge in [-0.15, -0.1) is 0 Å².